The minimum absolute atomic E-state index is 0.731. The first kappa shape index (κ1) is 12.9. The zero-order chi connectivity index (χ0) is 10.9. The lowest BCUT2D eigenvalue weighted by Gasteiger charge is -2.48. The second kappa shape index (κ2) is 5.41. The Morgan fingerprint density at radius 2 is 1.80 bits per heavy atom. The van der Waals surface area contributed by atoms with Crippen LogP contribution in [0.15, 0.2) is 0 Å². The Bertz CT molecular complexity index is 229. The molecule has 3 nitrogen and oxygen atoms in total. The normalized spacial score (nSPS) is 38.0. The smallest absolute Gasteiger partial charge is 0.220 e. The molecule has 2 rings (SSSR count). The van der Waals surface area contributed by atoms with E-state index in [2.05, 4.69) is 58.7 Å². The molecule has 0 aromatic heterocycles. The molecule has 15 heavy (non-hydrogen) atoms. The van der Waals surface area contributed by atoms with Gasteiger partial charge in [-0.1, -0.05) is 10.8 Å². The maximum atomic E-state index is 2.96. The molecule has 0 amide bonds. The van der Waals surface area contributed by atoms with Crippen molar-refractivity contribution < 1.29 is 4.48 Å². The molecule has 6 radical (unpaired) electrons. The van der Waals surface area contributed by atoms with Crippen molar-refractivity contribution in [2.75, 3.05) is 48.9 Å². The molecule has 0 saturated carbocycles. The molecule has 6 heteroatoms. The van der Waals surface area contributed by atoms with E-state index >= 15 is 0 Å². The summed E-state index contributed by atoms with van der Waals surface area (Å²) in [5, 5.41) is 3.47. The van der Waals surface area contributed by atoms with Crippen LogP contribution in [0.2, 0.25) is 0 Å². The molecule has 0 aromatic carbocycles. The van der Waals surface area contributed by atoms with Crippen molar-refractivity contribution in [1.82, 2.24) is 9.80 Å². The van der Waals surface area contributed by atoms with E-state index in [9.17, 15) is 0 Å². The van der Waals surface area contributed by atoms with Gasteiger partial charge in [0.1, 0.15) is 32.6 Å². The second-order valence-corrected chi connectivity index (χ2v) is 5.68. The predicted molar refractivity (Wildman–Crippen MR) is 63.9 cm³/mol. The summed E-state index contributed by atoms with van der Waals surface area (Å²) < 4.78 is 1.31. The van der Waals surface area contributed by atoms with E-state index in [1.807, 2.05) is 0 Å². The van der Waals surface area contributed by atoms with Crippen molar-refractivity contribution in [3.63, 3.8) is 0 Å². The average Bonchev–Trinajstić information content (AvgIpc) is 2.67. The summed E-state index contributed by atoms with van der Waals surface area (Å²) in [6, 6.07) is 0. The lowest BCUT2D eigenvalue weighted by Crippen LogP contribution is -2.66. The molecule has 0 spiro atoms. The Morgan fingerprint density at radius 3 is 2.40 bits per heavy atom. The zero-order valence-electron chi connectivity index (χ0n) is 9.31. The van der Waals surface area contributed by atoms with E-state index in [1.54, 1.807) is 0 Å². The lowest BCUT2D eigenvalue weighted by atomic mass is 10.2. The number of nitrogens with zero attached hydrogens (tertiary/aromatic N) is 3. The fourth-order valence-corrected chi connectivity index (χ4v) is 4.23. The van der Waals surface area contributed by atoms with Gasteiger partial charge in [-0.2, -0.15) is 0 Å². The lowest BCUT2D eigenvalue weighted by molar-refractivity contribution is -0.939. The molecule has 0 aliphatic carbocycles. The molecule has 2 aliphatic heterocycles. The molecule has 0 aromatic rings. The molecule has 2 unspecified atom stereocenters. The van der Waals surface area contributed by atoms with Gasteiger partial charge in [0.15, 0.2) is 6.17 Å². The highest BCUT2D eigenvalue weighted by atomic mass is 27.1. The highest BCUT2D eigenvalue weighted by Crippen LogP contribution is 2.27. The van der Waals surface area contributed by atoms with Crippen LogP contribution in [0.1, 0.15) is 0 Å². The van der Waals surface area contributed by atoms with Gasteiger partial charge in [0.25, 0.3) is 0 Å². The summed E-state index contributed by atoms with van der Waals surface area (Å²) >= 11 is 8.70. The molecular weight excluding hydrogens is 231 g/mol. The Kier molecular flexibility index (Phi) is 4.66. The molecule has 2 fully saturated rings. The van der Waals surface area contributed by atoms with Crippen LogP contribution in [-0.4, -0.2) is 118 Å². The summed E-state index contributed by atoms with van der Waals surface area (Å²) in [5.74, 6) is 0. The van der Waals surface area contributed by atoms with E-state index in [0.717, 1.165) is 17.0 Å². The maximum Gasteiger partial charge on any atom is 0.220 e. The van der Waals surface area contributed by atoms with Gasteiger partial charge in [-0.05, 0) is 5.41 Å². The standard InChI is InChI=1S/C9H17N3.3Al/c1-10-4-6-12(3)7-5-11(2)9(12)8-10;;;/h9H,1-8H2;;;/q+1;;;. The van der Waals surface area contributed by atoms with E-state index < -0.39 is 0 Å². The van der Waals surface area contributed by atoms with Crippen LogP contribution in [-0.2, 0) is 0 Å². The van der Waals surface area contributed by atoms with Crippen LogP contribution in [0, 0.1) is 0 Å². The minimum atomic E-state index is 0.731. The van der Waals surface area contributed by atoms with Crippen LogP contribution in [0.5, 0.6) is 0 Å². The van der Waals surface area contributed by atoms with Crippen molar-refractivity contribution in [1.29, 1.82) is 0 Å². The Hall–Kier alpha value is 1.48. The van der Waals surface area contributed by atoms with E-state index in [1.165, 1.54) is 42.6 Å². The van der Waals surface area contributed by atoms with Crippen molar-refractivity contribution in [2.45, 2.75) is 6.17 Å². The van der Waals surface area contributed by atoms with Crippen molar-refractivity contribution in [2.24, 2.45) is 0 Å². The third-order valence-corrected chi connectivity index (χ3v) is 5.74. The van der Waals surface area contributed by atoms with Gasteiger partial charge in [-0.3, -0.25) is 4.90 Å². The first-order chi connectivity index (χ1) is 7.25. The van der Waals surface area contributed by atoms with Crippen molar-refractivity contribution >= 4 is 48.9 Å². The molecule has 0 bridgehead atoms. The van der Waals surface area contributed by atoms with Crippen LogP contribution < -0.4 is 0 Å². The number of hydrogen-bond donors (Lipinski definition) is 0. The zero-order valence-corrected chi connectivity index (χ0v) is 12.8. The topological polar surface area (TPSA) is 6.48 Å². The number of piperazine rings is 1. The van der Waals surface area contributed by atoms with Gasteiger partial charge in [-0.15, -0.1) is 0 Å². The van der Waals surface area contributed by atoms with Gasteiger partial charge < -0.3 is 9.38 Å². The van der Waals surface area contributed by atoms with Crippen LogP contribution in [0.4, 0.5) is 0 Å². The van der Waals surface area contributed by atoms with E-state index in [-0.39, 0.29) is 0 Å². The second-order valence-electron chi connectivity index (χ2n) is 4.58. The fourth-order valence-electron chi connectivity index (χ4n) is 2.87. The molecular formula is C9H17Al3N3+. The molecule has 2 saturated heterocycles. The summed E-state index contributed by atoms with van der Waals surface area (Å²) in [4.78, 5) is 5.19. The average molecular weight is 248 g/mol. The summed E-state index contributed by atoms with van der Waals surface area (Å²) in [6.07, 6.45) is 0.731. The number of quaternary nitrogens is 1. The van der Waals surface area contributed by atoms with E-state index in [0.29, 0.717) is 0 Å². The molecule has 2 atom stereocenters. The van der Waals surface area contributed by atoms with Crippen LogP contribution in [0.25, 0.3) is 0 Å². The van der Waals surface area contributed by atoms with Crippen LogP contribution >= 0.6 is 0 Å². The highest BCUT2D eigenvalue weighted by Gasteiger charge is 2.47. The Labute approximate surface area is 118 Å². The quantitative estimate of drug-likeness (QED) is 0.427. The molecule has 2 heterocycles. The third-order valence-electron chi connectivity index (χ3n) is 4.03. The van der Waals surface area contributed by atoms with Gasteiger partial charge in [0.2, 0.25) is 16.3 Å². The molecule has 0 N–H and O–H groups in total. The minimum Gasteiger partial charge on any atom is -0.321 e. The largest absolute Gasteiger partial charge is 0.321 e. The fraction of sp³-hybridized carbons (Fsp3) is 1.00. The Morgan fingerprint density at radius 1 is 1.07 bits per heavy atom. The van der Waals surface area contributed by atoms with E-state index in [4.69, 9.17) is 0 Å². The van der Waals surface area contributed by atoms with Gasteiger partial charge in [0.05, 0.1) is 26.2 Å². The monoisotopic (exact) mass is 248 g/mol. The summed E-state index contributed by atoms with van der Waals surface area (Å²) in [6.45, 7) is 6.44. The first-order valence-electron chi connectivity index (χ1n) is 5.68. The molecule has 2 aliphatic rings. The predicted octanol–water partition coefficient (Wildman–Crippen LogP) is -1.86. The van der Waals surface area contributed by atoms with Crippen molar-refractivity contribution in [3.8, 4) is 0 Å². The number of fused-ring (bicyclic) bond motifs is 1. The van der Waals surface area contributed by atoms with Gasteiger partial charge in [0, 0.05) is 6.54 Å². The maximum absolute atomic E-state index is 2.96. The van der Waals surface area contributed by atoms with Gasteiger partial charge in [-0.25, -0.2) is 0 Å². The number of hydrogen-bond acceptors (Lipinski definition) is 2. The first-order valence-corrected chi connectivity index (χ1v) is 8.13. The van der Waals surface area contributed by atoms with Crippen LogP contribution in [0.3, 0.4) is 0 Å². The number of rotatable bonds is 3. The van der Waals surface area contributed by atoms with Gasteiger partial charge >= 0.3 is 0 Å². The summed E-state index contributed by atoms with van der Waals surface area (Å²) in [5.41, 5.74) is 0. The Balaban J connectivity index is 2.12. The summed E-state index contributed by atoms with van der Waals surface area (Å²) in [7, 11) is 0. The van der Waals surface area contributed by atoms with Crippen molar-refractivity contribution in [3.05, 3.63) is 0 Å². The third kappa shape index (κ3) is 2.37. The molecule has 76 valence electrons. The highest BCUT2D eigenvalue weighted by molar-refractivity contribution is 6.09. The SMILES string of the molecule is [Al][CH2]N1CC[N+]2([CH2][Al])CCN([CH2][Al])C2C1.